The number of carbonyl (C=O) groups is 2. The van der Waals surface area contributed by atoms with E-state index in [1.165, 1.54) is 0 Å². The molecule has 0 unspecified atom stereocenters. The molecular weight excluding hydrogens is 340 g/mol. The number of fused-ring (bicyclic) bond motifs is 1. The number of anilines is 2. The summed E-state index contributed by atoms with van der Waals surface area (Å²) >= 11 is 0. The molecule has 6 heteroatoms. The van der Waals surface area contributed by atoms with E-state index in [1.807, 2.05) is 70.3 Å². The minimum Gasteiger partial charge on any atom is -0.329 e. The van der Waals surface area contributed by atoms with E-state index in [2.05, 4.69) is 10.3 Å². The van der Waals surface area contributed by atoms with Crippen LogP contribution in [0.2, 0.25) is 0 Å². The van der Waals surface area contributed by atoms with Crippen LogP contribution >= 0.6 is 0 Å². The molecule has 1 aliphatic heterocycles. The van der Waals surface area contributed by atoms with Crippen LogP contribution in [-0.4, -0.2) is 21.2 Å². The number of rotatable bonds is 4. The zero-order chi connectivity index (χ0) is 18.8. The van der Waals surface area contributed by atoms with E-state index in [0.29, 0.717) is 23.8 Å². The Hall–Kier alpha value is -3.67. The van der Waals surface area contributed by atoms with Gasteiger partial charge in [0.1, 0.15) is 18.2 Å². The van der Waals surface area contributed by atoms with Crippen molar-refractivity contribution >= 4 is 29.1 Å². The van der Waals surface area contributed by atoms with Crippen molar-refractivity contribution < 1.29 is 9.59 Å². The van der Waals surface area contributed by atoms with Crippen LogP contribution in [0, 0.1) is 0 Å². The monoisotopic (exact) mass is 358 g/mol. The molecule has 1 aromatic heterocycles. The highest BCUT2D eigenvalue weighted by atomic mass is 16.2. The van der Waals surface area contributed by atoms with Crippen molar-refractivity contribution in [3.8, 4) is 0 Å². The fourth-order valence-electron chi connectivity index (χ4n) is 2.94. The summed E-state index contributed by atoms with van der Waals surface area (Å²) in [4.78, 5) is 30.5. The predicted octanol–water partition coefficient (Wildman–Crippen LogP) is 3.79. The minimum atomic E-state index is -0.248. The first kappa shape index (κ1) is 16.8. The SMILES string of the molecule is CC(=O)c1cccc(N2C=Cc3nc(C(=O)Nc4ccccc4)cn3C2)c1. The molecule has 3 aromatic rings. The van der Waals surface area contributed by atoms with Crippen molar-refractivity contribution in [1.82, 2.24) is 9.55 Å². The Morgan fingerprint density at radius 2 is 1.89 bits per heavy atom. The van der Waals surface area contributed by atoms with Gasteiger partial charge in [-0.1, -0.05) is 30.3 Å². The molecule has 27 heavy (non-hydrogen) atoms. The van der Waals surface area contributed by atoms with Gasteiger partial charge >= 0.3 is 0 Å². The zero-order valence-corrected chi connectivity index (χ0v) is 14.8. The standard InChI is InChI=1S/C21H18N4O2/c1-15(26)16-6-5-9-18(12-16)24-11-10-20-23-19(13-25(20)14-24)21(27)22-17-7-3-2-4-8-17/h2-13H,14H2,1H3,(H,22,27). The maximum Gasteiger partial charge on any atom is 0.275 e. The van der Waals surface area contributed by atoms with Crippen LogP contribution in [0.3, 0.4) is 0 Å². The van der Waals surface area contributed by atoms with Crippen molar-refractivity contribution in [3.05, 3.63) is 84.1 Å². The summed E-state index contributed by atoms with van der Waals surface area (Å²) < 4.78 is 1.90. The summed E-state index contributed by atoms with van der Waals surface area (Å²) in [6.07, 6.45) is 5.49. The fourth-order valence-corrected chi connectivity index (χ4v) is 2.94. The summed E-state index contributed by atoms with van der Waals surface area (Å²) in [6, 6.07) is 16.8. The largest absolute Gasteiger partial charge is 0.329 e. The Labute approximate surface area is 156 Å². The summed E-state index contributed by atoms with van der Waals surface area (Å²) in [5, 5.41) is 2.84. The molecule has 1 amide bonds. The van der Waals surface area contributed by atoms with Crippen LogP contribution in [0.15, 0.2) is 67.0 Å². The Morgan fingerprint density at radius 1 is 1.07 bits per heavy atom. The Morgan fingerprint density at radius 3 is 2.67 bits per heavy atom. The maximum atomic E-state index is 12.4. The maximum absolute atomic E-state index is 12.4. The lowest BCUT2D eigenvalue weighted by Gasteiger charge is -2.25. The normalized spacial score (nSPS) is 12.6. The molecule has 0 atom stereocenters. The fraction of sp³-hybridized carbons (Fsp3) is 0.0952. The molecule has 4 rings (SSSR count). The number of imidazole rings is 1. The molecule has 1 N–H and O–H groups in total. The first-order valence-corrected chi connectivity index (χ1v) is 8.59. The average Bonchev–Trinajstić information content (AvgIpc) is 3.12. The second-order valence-electron chi connectivity index (χ2n) is 6.31. The lowest BCUT2D eigenvalue weighted by atomic mass is 10.1. The number of carbonyl (C=O) groups excluding carboxylic acids is 2. The van der Waals surface area contributed by atoms with Crippen molar-refractivity contribution in [2.75, 3.05) is 10.2 Å². The molecule has 2 aromatic carbocycles. The Balaban J connectivity index is 1.53. The van der Waals surface area contributed by atoms with Crippen LogP contribution < -0.4 is 10.2 Å². The third kappa shape index (κ3) is 3.50. The van der Waals surface area contributed by atoms with Crippen LogP contribution in [-0.2, 0) is 6.67 Å². The van der Waals surface area contributed by atoms with Gasteiger partial charge in [0.15, 0.2) is 5.78 Å². The van der Waals surface area contributed by atoms with E-state index in [1.54, 1.807) is 19.2 Å². The quantitative estimate of drug-likeness (QED) is 0.721. The van der Waals surface area contributed by atoms with E-state index < -0.39 is 0 Å². The van der Waals surface area contributed by atoms with Gasteiger partial charge in [-0.15, -0.1) is 0 Å². The molecule has 0 bridgehead atoms. The lowest BCUT2D eigenvalue weighted by Crippen LogP contribution is -2.24. The summed E-state index contributed by atoms with van der Waals surface area (Å²) in [6.45, 7) is 2.07. The number of nitrogens with one attached hydrogen (secondary N) is 1. The number of ketones is 1. The second kappa shape index (κ2) is 6.92. The van der Waals surface area contributed by atoms with Gasteiger partial charge in [0.25, 0.3) is 5.91 Å². The molecule has 2 heterocycles. The Kier molecular flexibility index (Phi) is 4.30. The average molecular weight is 358 g/mol. The number of hydrogen-bond acceptors (Lipinski definition) is 4. The zero-order valence-electron chi connectivity index (χ0n) is 14.8. The first-order valence-electron chi connectivity index (χ1n) is 8.59. The minimum absolute atomic E-state index is 0.0287. The molecule has 0 fully saturated rings. The van der Waals surface area contributed by atoms with E-state index in [9.17, 15) is 9.59 Å². The van der Waals surface area contributed by atoms with E-state index in [4.69, 9.17) is 0 Å². The molecule has 0 saturated heterocycles. The smallest absolute Gasteiger partial charge is 0.275 e. The van der Waals surface area contributed by atoms with Gasteiger partial charge in [-0.2, -0.15) is 0 Å². The van der Waals surface area contributed by atoms with Gasteiger partial charge in [-0.25, -0.2) is 4.98 Å². The number of aromatic nitrogens is 2. The first-order chi connectivity index (χ1) is 13.1. The Bertz CT molecular complexity index is 1040. The van der Waals surface area contributed by atoms with Crippen molar-refractivity contribution in [1.29, 1.82) is 0 Å². The number of para-hydroxylation sites is 1. The van der Waals surface area contributed by atoms with Gasteiger partial charge in [0.2, 0.25) is 0 Å². The van der Waals surface area contributed by atoms with Crippen molar-refractivity contribution in [3.63, 3.8) is 0 Å². The van der Waals surface area contributed by atoms with E-state index in [0.717, 1.165) is 11.4 Å². The van der Waals surface area contributed by atoms with Gasteiger partial charge in [0.05, 0.1) is 0 Å². The van der Waals surface area contributed by atoms with Crippen molar-refractivity contribution in [2.45, 2.75) is 13.6 Å². The second-order valence-corrected chi connectivity index (χ2v) is 6.31. The molecule has 6 nitrogen and oxygen atoms in total. The highest BCUT2D eigenvalue weighted by molar-refractivity contribution is 6.03. The van der Waals surface area contributed by atoms with Gasteiger partial charge < -0.3 is 14.8 Å². The number of benzene rings is 2. The van der Waals surface area contributed by atoms with Crippen LogP contribution in [0.1, 0.15) is 33.6 Å². The van der Waals surface area contributed by atoms with Crippen LogP contribution in [0.25, 0.3) is 6.08 Å². The van der Waals surface area contributed by atoms with Crippen LogP contribution in [0.5, 0.6) is 0 Å². The third-order valence-electron chi connectivity index (χ3n) is 4.36. The number of amides is 1. The molecule has 0 spiro atoms. The highest BCUT2D eigenvalue weighted by Crippen LogP contribution is 2.22. The lowest BCUT2D eigenvalue weighted by molar-refractivity contribution is 0.101. The molecule has 1 aliphatic rings. The highest BCUT2D eigenvalue weighted by Gasteiger charge is 2.18. The summed E-state index contributed by atoms with van der Waals surface area (Å²) in [7, 11) is 0. The van der Waals surface area contributed by atoms with E-state index >= 15 is 0 Å². The molecular formula is C21H18N4O2. The molecule has 0 aliphatic carbocycles. The number of nitrogens with zero attached hydrogens (tertiary/aromatic N) is 3. The summed E-state index contributed by atoms with van der Waals surface area (Å²) in [5.41, 5.74) is 2.67. The van der Waals surface area contributed by atoms with E-state index in [-0.39, 0.29) is 11.7 Å². The molecule has 134 valence electrons. The third-order valence-corrected chi connectivity index (χ3v) is 4.36. The molecule has 0 radical (unpaired) electrons. The summed E-state index contributed by atoms with van der Waals surface area (Å²) in [5.74, 6) is 0.495. The number of Topliss-reactive ketones (excluding diaryl/α,β-unsaturated/α-hetero) is 1. The number of hydrogen-bond donors (Lipinski definition) is 1. The van der Waals surface area contributed by atoms with Gasteiger partial charge in [-0.3, -0.25) is 9.59 Å². The van der Waals surface area contributed by atoms with Gasteiger partial charge in [0, 0.05) is 29.3 Å². The predicted molar refractivity (Wildman–Crippen MR) is 105 cm³/mol. The van der Waals surface area contributed by atoms with Gasteiger partial charge in [-0.05, 0) is 37.3 Å². The van der Waals surface area contributed by atoms with Crippen LogP contribution in [0.4, 0.5) is 11.4 Å². The topological polar surface area (TPSA) is 67.2 Å². The van der Waals surface area contributed by atoms with Crippen molar-refractivity contribution in [2.24, 2.45) is 0 Å². The molecule has 0 saturated carbocycles.